The van der Waals surface area contributed by atoms with Crippen LogP contribution in [-0.4, -0.2) is 5.91 Å². The second-order valence-corrected chi connectivity index (χ2v) is 9.31. The number of carbonyl (C=O) groups excluding carboxylic acids is 1. The molecule has 5 rings (SSSR count). The Morgan fingerprint density at radius 3 is 2.50 bits per heavy atom. The summed E-state index contributed by atoms with van der Waals surface area (Å²) in [4.78, 5) is 13.4. The third-order valence-electron chi connectivity index (χ3n) is 6.44. The number of fused-ring (bicyclic) bond motifs is 2. The van der Waals surface area contributed by atoms with E-state index in [2.05, 4.69) is 24.4 Å². The number of hydrogen-bond acceptors (Lipinski definition) is 2. The molecule has 0 saturated heterocycles. The Balaban J connectivity index is 1.47. The lowest BCUT2D eigenvalue weighted by molar-refractivity contribution is -0.118. The van der Waals surface area contributed by atoms with Gasteiger partial charge in [-0.15, -0.1) is 0 Å². The van der Waals surface area contributed by atoms with E-state index >= 15 is 0 Å². The Kier molecular flexibility index (Phi) is 5.48. The largest absolute Gasteiger partial charge is 0.461 e. The minimum atomic E-state index is -0.106. The Bertz CT molecular complexity index is 1240. The maximum absolute atomic E-state index is 13.4. The molecular weight excluding hydrogens is 441 g/mol. The summed E-state index contributed by atoms with van der Waals surface area (Å²) < 4.78 is 6.27. The van der Waals surface area contributed by atoms with Crippen molar-refractivity contribution in [3.8, 4) is 16.9 Å². The molecule has 0 bridgehead atoms. The van der Waals surface area contributed by atoms with E-state index in [-0.39, 0.29) is 17.9 Å². The summed E-state index contributed by atoms with van der Waals surface area (Å²) in [7, 11) is 0. The number of aryl methyl sites for hydroxylation is 1. The zero-order valence-electron chi connectivity index (χ0n) is 17.9. The van der Waals surface area contributed by atoms with E-state index in [1.165, 1.54) is 11.1 Å². The highest BCUT2D eigenvalue weighted by Crippen LogP contribution is 2.45. The van der Waals surface area contributed by atoms with Crippen LogP contribution in [0.1, 0.15) is 48.9 Å². The van der Waals surface area contributed by atoms with Crippen molar-refractivity contribution in [1.29, 1.82) is 0 Å². The van der Waals surface area contributed by atoms with Crippen molar-refractivity contribution in [1.82, 2.24) is 5.32 Å². The van der Waals surface area contributed by atoms with E-state index in [0.29, 0.717) is 21.4 Å². The average molecular weight is 464 g/mol. The molecule has 1 N–H and O–H groups in total. The summed E-state index contributed by atoms with van der Waals surface area (Å²) >= 11 is 12.5. The predicted octanol–water partition coefficient (Wildman–Crippen LogP) is 7.23. The first-order valence-corrected chi connectivity index (χ1v) is 11.5. The van der Waals surface area contributed by atoms with Crippen molar-refractivity contribution >= 4 is 29.1 Å². The molecule has 1 amide bonds. The lowest BCUT2D eigenvalue weighted by Gasteiger charge is -2.29. The molecule has 1 aliphatic carbocycles. The molecule has 0 aromatic heterocycles. The van der Waals surface area contributed by atoms with Gasteiger partial charge in [0.2, 0.25) is 0 Å². The van der Waals surface area contributed by atoms with E-state index in [9.17, 15) is 4.79 Å². The van der Waals surface area contributed by atoms with Crippen molar-refractivity contribution < 1.29 is 9.53 Å². The van der Waals surface area contributed by atoms with Crippen LogP contribution >= 0.6 is 23.2 Å². The minimum Gasteiger partial charge on any atom is -0.461 e. The first-order chi connectivity index (χ1) is 15.4. The van der Waals surface area contributed by atoms with E-state index in [4.69, 9.17) is 27.9 Å². The third kappa shape index (κ3) is 3.70. The molecule has 3 aromatic rings. The number of allylic oxidation sites excluding steroid dienone is 1. The van der Waals surface area contributed by atoms with Gasteiger partial charge in [-0.05, 0) is 54.7 Å². The predicted molar refractivity (Wildman–Crippen MR) is 129 cm³/mol. The lowest BCUT2D eigenvalue weighted by atomic mass is 9.86. The highest BCUT2D eigenvalue weighted by atomic mass is 35.5. The van der Waals surface area contributed by atoms with Crippen molar-refractivity contribution in [3.63, 3.8) is 0 Å². The van der Waals surface area contributed by atoms with Crippen LogP contribution in [0.15, 0.2) is 72.0 Å². The number of ether oxygens (including phenoxy) is 1. The van der Waals surface area contributed by atoms with Crippen LogP contribution in [-0.2, 0) is 11.2 Å². The van der Waals surface area contributed by atoms with Crippen molar-refractivity contribution in [2.24, 2.45) is 0 Å². The van der Waals surface area contributed by atoms with Gasteiger partial charge in [-0.1, -0.05) is 72.6 Å². The Labute approximate surface area is 198 Å². The Morgan fingerprint density at radius 1 is 1.00 bits per heavy atom. The van der Waals surface area contributed by atoms with Gasteiger partial charge in [0, 0.05) is 27.1 Å². The molecule has 32 heavy (non-hydrogen) atoms. The molecule has 2 aliphatic rings. The molecule has 0 saturated carbocycles. The molecular formula is C27H23Cl2NO2. The number of benzene rings is 3. The fourth-order valence-electron chi connectivity index (χ4n) is 4.91. The van der Waals surface area contributed by atoms with E-state index in [0.717, 1.165) is 35.3 Å². The third-order valence-corrected chi connectivity index (χ3v) is 6.87. The molecule has 2 atom stereocenters. The zero-order chi connectivity index (χ0) is 22.4. The number of halogens is 2. The van der Waals surface area contributed by atoms with Crippen LogP contribution in [0.5, 0.6) is 5.75 Å². The van der Waals surface area contributed by atoms with E-state index in [1.54, 1.807) is 6.07 Å². The van der Waals surface area contributed by atoms with Gasteiger partial charge in [-0.3, -0.25) is 4.79 Å². The van der Waals surface area contributed by atoms with E-state index < -0.39 is 0 Å². The molecule has 0 radical (unpaired) electrons. The van der Waals surface area contributed by atoms with Gasteiger partial charge in [0.15, 0.2) is 0 Å². The topological polar surface area (TPSA) is 38.3 Å². The number of hydrogen-bond donors (Lipinski definition) is 1. The second-order valence-electron chi connectivity index (χ2n) is 8.44. The van der Waals surface area contributed by atoms with Crippen LogP contribution in [0.3, 0.4) is 0 Å². The number of rotatable bonds is 3. The van der Waals surface area contributed by atoms with Gasteiger partial charge in [0.25, 0.3) is 5.91 Å². The maximum atomic E-state index is 13.4. The van der Waals surface area contributed by atoms with Crippen molar-refractivity contribution in [2.45, 2.75) is 38.6 Å². The first-order valence-electron chi connectivity index (χ1n) is 10.8. The molecule has 162 valence electrons. The Hall–Kier alpha value is -2.75. The summed E-state index contributed by atoms with van der Waals surface area (Å²) in [6.45, 7) is 3.91. The zero-order valence-corrected chi connectivity index (χ0v) is 19.4. The van der Waals surface area contributed by atoms with Gasteiger partial charge in [0.1, 0.15) is 11.5 Å². The molecule has 1 heterocycles. The van der Waals surface area contributed by atoms with Gasteiger partial charge in [-0.2, -0.15) is 0 Å². The average Bonchev–Trinajstić information content (AvgIpc) is 3.15. The number of para-hydroxylation sites is 1. The van der Waals surface area contributed by atoms with Gasteiger partial charge in [0.05, 0.1) is 11.6 Å². The fraction of sp³-hybridized carbons (Fsp3) is 0.222. The lowest BCUT2D eigenvalue weighted by Crippen LogP contribution is -2.32. The number of amides is 1. The summed E-state index contributed by atoms with van der Waals surface area (Å²) in [6.07, 6.45) is 1.91. The van der Waals surface area contributed by atoms with Crippen LogP contribution in [0.2, 0.25) is 10.0 Å². The van der Waals surface area contributed by atoms with Gasteiger partial charge < -0.3 is 10.1 Å². The molecule has 5 heteroatoms. The summed E-state index contributed by atoms with van der Waals surface area (Å²) in [5, 5.41) is 4.38. The van der Waals surface area contributed by atoms with Gasteiger partial charge in [-0.25, -0.2) is 0 Å². The van der Waals surface area contributed by atoms with Crippen LogP contribution in [0, 0.1) is 0 Å². The standard InChI is InChI=1S/C27H23Cl2NO2/c1-15-21-8-5-9-23(18-12-19(28)14-20(29)13-18)26(21)32-16(2)25(15)27(31)30-24-11-10-17-6-3-4-7-22(17)24/h3-9,12-15,24H,10-11H2,1-2H3,(H,30,31). The maximum Gasteiger partial charge on any atom is 0.251 e. The molecule has 3 nitrogen and oxygen atoms in total. The molecule has 1 aliphatic heterocycles. The van der Waals surface area contributed by atoms with Gasteiger partial charge >= 0.3 is 0 Å². The monoisotopic (exact) mass is 463 g/mol. The molecule has 0 fully saturated rings. The molecule has 2 unspecified atom stereocenters. The van der Waals surface area contributed by atoms with Crippen molar-refractivity contribution in [2.75, 3.05) is 0 Å². The quantitative estimate of drug-likeness (QED) is 0.444. The van der Waals surface area contributed by atoms with Crippen molar-refractivity contribution in [3.05, 3.63) is 98.7 Å². The summed E-state index contributed by atoms with van der Waals surface area (Å²) in [5.41, 5.74) is 5.96. The molecule has 0 spiro atoms. The highest BCUT2D eigenvalue weighted by Gasteiger charge is 2.33. The SMILES string of the molecule is CC1=C(C(=O)NC2CCc3ccccc32)C(C)c2cccc(-c3cc(Cl)cc(Cl)c3)c2O1. The normalized spacial score (nSPS) is 19.2. The number of nitrogens with one attached hydrogen (secondary N) is 1. The van der Waals surface area contributed by atoms with Crippen LogP contribution < -0.4 is 10.1 Å². The fourth-order valence-corrected chi connectivity index (χ4v) is 5.44. The van der Waals surface area contributed by atoms with Crippen LogP contribution in [0.4, 0.5) is 0 Å². The number of carbonyl (C=O) groups is 1. The minimum absolute atomic E-state index is 0.0348. The molecule has 3 aromatic carbocycles. The smallest absolute Gasteiger partial charge is 0.251 e. The second kappa shape index (κ2) is 8.31. The summed E-state index contributed by atoms with van der Waals surface area (Å²) in [5.74, 6) is 1.19. The highest BCUT2D eigenvalue weighted by molar-refractivity contribution is 6.35. The van der Waals surface area contributed by atoms with Crippen LogP contribution in [0.25, 0.3) is 11.1 Å². The van der Waals surface area contributed by atoms with E-state index in [1.807, 2.05) is 49.4 Å². The summed E-state index contributed by atoms with van der Waals surface area (Å²) in [6, 6.07) is 19.8. The first kappa shape index (κ1) is 21.1. The Morgan fingerprint density at radius 2 is 1.72 bits per heavy atom.